The van der Waals surface area contributed by atoms with Crippen molar-refractivity contribution in [3.05, 3.63) is 84.4 Å². The van der Waals surface area contributed by atoms with Crippen LogP contribution in [0.15, 0.2) is 73.3 Å². The van der Waals surface area contributed by atoms with Gasteiger partial charge in [0.25, 0.3) is 0 Å². The predicted molar refractivity (Wildman–Crippen MR) is 119 cm³/mol. The van der Waals surface area contributed by atoms with E-state index < -0.39 is 6.29 Å². The molecule has 4 nitrogen and oxygen atoms in total. The lowest BCUT2D eigenvalue weighted by Gasteiger charge is -2.40. The molecular weight excluding hydrogens is 376 g/mol. The van der Waals surface area contributed by atoms with Crippen LogP contribution in [0.5, 0.6) is 0 Å². The van der Waals surface area contributed by atoms with Crippen molar-refractivity contribution in [3.8, 4) is 0 Å². The number of allylic oxidation sites excluding steroid dienone is 1. The monoisotopic (exact) mass is 410 g/mol. The van der Waals surface area contributed by atoms with E-state index in [0.29, 0.717) is 13.2 Å². The maximum Gasteiger partial charge on any atom is 0.184 e. The van der Waals surface area contributed by atoms with Crippen LogP contribution in [0.4, 0.5) is 0 Å². The molecule has 0 bridgehead atoms. The van der Waals surface area contributed by atoms with E-state index in [0.717, 1.165) is 30.4 Å². The lowest BCUT2D eigenvalue weighted by molar-refractivity contribution is -0.290. The minimum absolute atomic E-state index is 0.0469. The molecule has 4 heteroatoms. The molecule has 0 aromatic heterocycles. The van der Waals surface area contributed by atoms with Crippen molar-refractivity contribution in [1.82, 2.24) is 0 Å². The van der Waals surface area contributed by atoms with Crippen molar-refractivity contribution in [2.75, 3.05) is 0 Å². The van der Waals surface area contributed by atoms with Gasteiger partial charge in [-0.3, -0.25) is 0 Å². The first-order chi connectivity index (χ1) is 14.7. The van der Waals surface area contributed by atoms with E-state index in [2.05, 4.69) is 37.8 Å². The number of benzene rings is 2. The third-order valence-electron chi connectivity index (χ3n) is 5.40. The van der Waals surface area contributed by atoms with Crippen LogP contribution in [0.1, 0.15) is 44.2 Å². The highest BCUT2D eigenvalue weighted by Crippen LogP contribution is 2.28. The maximum atomic E-state index is 6.27. The van der Waals surface area contributed by atoms with Crippen LogP contribution in [0.25, 0.3) is 0 Å². The van der Waals surface area contributed by atoms with Crippen molar-refractivity contribution in [2.24, 2.45) is 0 Å². The first kappa shape index (κ1) is 22.7. The fourth-order valence-corrected chi connectivity index (χ4v) is 3.59. The molecule has 162 valence electrons. The average molecular weight is 411 g/mol. The average Bonchev–Trinajstić information content (AvgIpc) is 2.77. The number of hydrogen-bond acceptors (Lipinski definition) is 4. The third kappa shape index (κ3) is 7.06. The SMILES string of the molecule is C=CCC[C@@H](C)OC1O[C@H](C)[C@@H](OCc2ccccc2)C[C@H]1OCc1ccccc1. The molecule has 2 aromatic rings. The molecule has 5 atom stereocenters. The van der Waals surface area contributed by atoms with Crippen molar-refractivity contribution in [1.29, 1.82) is 0 Å². The number of hydrogen-bond donors (Lipinski definition) is 0. The van der Waals surface area contributed by atoms with E-state index in [9.17, 15) is 0 Å². The van der Waals surface area contributed by atoms with Gasteiger partial charge in [-0.15, -0.1) is 6.58 Å². The van der Waals surface area contributed by atoms with Gasteiger partial charge in [-0.1, -0.05) is 66.7 Å². The van der Waals surface area contributed by atoms with E-state index in [4.69, 9.17) is 18.9 Å². The second-order valence-electron chi connectivity index (χ2n) is 7.93. The van der Waals surface area contributed by atoms with Gasteiger partial charge in [0.2, 0.25) is 0 Å². The van der Waals surface area contributed by atoms with Crippen LogP contribution >= 0.6 is 0 Å². The van der Waals surface area contributed by atoms with E-state index in [-0.39, 0.29) is 24.4 Å². The predicted octanol–water partition coefficient (Wildman–Crippen LogP) is 5.66. The molecule has 0 N–H and O–H groups in total. The van der Waals surface area contributed by atoms with Crippen LogP contribution < -0.4 is 0 Å². The number of ether oxygens (including phenoxy) is 4. The Morgan fingerprint density at radius 1 is 0.967 bits per heavy atom. The molecule has 1 heterocycles. The summed E-state index contributed by atoms with van der Waals surface area (Å²) in [6, 6.07) is 20.4. The molecule has 2 aromatic carbocycles. The second-order valence-corrected chi connectivity index (χ2v) is 7.93. The van der Waals surface area contributed by atoms with E-state index in [1.54, 1.807) is 0 Å². The standard InChI is InChI=1S/C26H34O4/c1-4-5-12-20(2)29-26-25(28-19-23-15-10-7-11-16-23)17-24(21(3)30-26)27-18-22-13-8-6-9-14-22/h4,6-11,13-16,20-21,24-26H,1,5,12,17-19H2,2-3H3/t20-,21-,24+,25-,26?/m1/s1. The van der Waals surface area contributed by atoms with Gasteiger partial charge in [0, 0.05) is 6.42 Å². The quantitative estimate of drug-likeness (QED) is 0.448. The Bertz CT molecular complexity index is 733. The van der Waals surface area contributed by atoms with Gasteiger partial charge in [0.15, 0.2) is 6.29 Å². The summed E-state index contributed by atoms with van der Waals surface area (Å²) in [5, 5.41) is 0. The van der Waals surface area contributed by atoms with Gasteiger partial charge >= 0.3 is 0 Å². The van der Waals surface area contributed by atoms with Crippen LogP contribution in [-0.2, 0) is 32.2 Å². The van der Waals surface area contributed by atoms with E-state index in [1.807, 2.05) is 49.4 Å². The van der Waals surface area contributed by atoms with Crippen molar-refractivity contribution in [2.45, 2.75) is 77.0 Å². The Morgan fingerprint density at radius 2 is 1.53 bits per heavy atom. The Hall–Kier alpha value is -1.98. The van der Waals surface area contributed by atoms with Gasteiger partial charge in [0.05, 0.1) is 31.5 Å². The summed E-state index contributed by atoms with van der Waals surface area (Å²) in [5.41, 5.74) is 2.29. The molecule has 1 fully saturated rings. The van der Waals surface area contributed by atoms with Crippen LogP contribution in [0.3, 0.4) is 0 Å². The summed E-state index contributed by atoms with van der Waals surface area (Å²) in [6.45, 7) is 9.00. The lowest BCUT2D eigenvalue weighted by atomic mass is 10.0. The van der Waals surface area contributed by atoms with E-state index >= 15 is 0 Å². The molecule has 3 rings (SSSR count). The first-order valence-corrected chi connectivity index (χ1v) is 10.9. The Labute approximate surface area is 180 Å². The normalized spacial score (nSPS) is 25.0. The van der Waals surface area contributed by atoms with Crippen LogP contribution in [-0.4, -0.2) is 30.7 Å². The minimum atomic E-state index is -0.403. The Morgan fingerprint density at radius 3 is 2.10 bits per heavy atom. The minimum Gasteiger partial charge on any atom is -0.371 e. The van der Waals surface area contributed by atoms with Gasteiger partial charge in [-0.2, -0.15) is 0 Å². The molecular formula is C26H34O4. The highest BCUT2D eigenvalue weighted by Gasteiger charge is 2.38. The molecule has 0 amide bonds. The summed E-state index contributed by atoms with van der Waals surface area (Å²) >= 11 is 0. The van der Waals surface area contributed by atoms with Crippen molar-refractivity contribution >= 4 is 0 Å². The summed E-state index contributed by atoms with van der Waals surface area (Å²) < 4.78 is 24.9. The van der Waals surface area contributed by atoms with Gasteiger partial charge in [0.1, 0.15) is 6.10 Å². The summed E-state index contributed by atoms with van der Waals surface area (Å²) in [6.07, 6.45) is 3.86. The van der Waals surface area contributed by atoms with Gasteiger partial charge in [-0.05, 0) is 37.8 Å². The fourth-order valence-electron chi connectivity index (χ4n) is 3.59. The van der Waals surface area contributed by atoms with Crippen LogP contribution in [0.2, 0.25) is 0 Å². The third-order valence-corrected chi connectivity index (χ3v) is 5.40. The summed E-state index contributed by atoms with van der Waals surface area (Å²) in [5.74, 6) is 0. The molecule has 30 heavy (non-hydrogen) atoms. The second kappa shape index (κ2) is 12.0. The van der Waals surface area contributed by atoms with E-state index in [1.165, 1.54) is 0 Å². The zero-order valence-electron chi connectivity index (χ0n) is 18.1. The van der Waals surface area contributed by atoms with Crippen molar-refractivity contribution < 1.29 is 18.9 Å². The molecule has 0 aliphatic carbocycles. The smallest absolute Gasteiger partial charge is 0.184 e. The molecule has 1 unspecified atom stereocenters. The molecule has 1 aliphatic heterocycles. The summed E-state index contributed by atoms with van der Waals surface area (Å²) in [4.78, 5) is 0. The van der Waals surface area contributed by atoms with Gasteiger partial charge < -0.3 is 18.9 Å². The molecule has 1 aliphatic rings. The largest absolute Gasteiger partial charge is 0.371 e. The highest BCUT2D eigenvalue weighted by atomic mass is 16.7. The Balaban J connectivity index is 1.62. The van der Waals surface area contributed by atoms with Crippen LogP contribution in [0, 0.1) is 0 Å². The lowest BCUT2D eigenvalue weighted by Crippen LogP contribution is -2.50. The topological polar surface area (TPSA) is 36.9 Å². The zero-order valence-corrected chi connectivity index (χ0v) is 18.1. The molecule has 1 saturated heterocycles. The molecule has 0 spiro atoms. The molecule has 0 radical (unpaired) electrons. The highest BCUT2D eigenvalue weighted by molar-refractivity contribution is 5.14. The van der Waals surface area contributed by atoms with Gasteiger partial charge in [-0.25, -0.2) is 0 Å². The number of rotatable bonds is 11. The fraction of sp³-hybridized carbons (Fsp3) is 0.462. The Kier molecular flexibility index (Phi) is 9.09. The molecule has 0 saturated carbocycles. The maximum absolute atomic E-state index is 6.27. The zero-order chi connectivity index (χ0) is 21.2. The summed E-state index contributed by atoms with van der Waals surface area (Å²) in [7, 11) is 0. The first-order valence-electron chi connectivity index (χ1n) is 10.9. The van der Waals surface area contributed by atoms with Crippen molar-refractivity contribution in [3.63, 3.8) is 0 Å².